The Morgan fingerprint density at radius 3 is 2.75 bits per heavy atom. The summed E-state index contributed by atoms with van der Waals surface area (Å²) in [5.74, 6) is 1.35. The van der Waals surface area contributed by atoms with Crippen LogP contribution in [0.5, 0.6) is 11.5 Å². The van der Waals surface area contributed by atoms with Crippen molar-refractivity contribution in [3.63, 3.8) is 0 Å². The summed E-state index contributed by atoms with van der Waals surface area (Å²) in [7, 11) is 1.58. The zero-order valence-electron chi connectivity index (χ0n) is 9.12. The molecule has 0 N–H and O–H groups in total. The highest BCUT2D eigenvalue weighted by Gasteiger charge is 2.09. The van der Waals surface area contributed by atoms with Crippen molar-refractivity contribution in [3.05, 3.63) is 22.2 Å². The van der Waals surface area contributed by atoms with Gasteiger partial charge in [0.2, 0.25) is 6.08 Å². The van der Waals surface area contributed by atoms with Gasteiger partial charge in [-0.15, -0.1) is 0 Å². The Kier molecular flexibility index (Phi) is 5.02. The van der Waals surface area contributed by atoms with Gasteiger partial charge in [0.25, 0.3) is 0 Å². The fourth-order valence-corrected chi connectivity index (χ4v) is 1.82. The Labute approximate surface area is 102 Å². The average molecular weight is 286 g/mol. The molecule has 1 aromatic carbocycles. The molecule has 0 spiro atoms. The Morgan fingerprint density at radius 1 is 1.44 bits per heavy atom. The minimum Gasteiger partial charge on any atom is -0.495 e. The highest BCUT2D eigenvalue weighted by Crippen LogP contribution is 2.33. The Bertz CT molecular complexity index is 414. The van der Waals surface area contributed by atoms with Crippen molar-refractivity contribution in [1.29, 1.82) is 0 Å². The Balaban J connectivity index is 3.12. The zero-order valence-corrected chi connectivity index (χ0v) is 10.7. The molecule has 4 nitrogen and oxygen atoms in total. The first-order valence-corrected chi connectivity index (χ1v) is 5.55. The molecule has 0 atom stereocenters. The van der Waals surface area contributed by atoms with Crippen LogP contribution < -0.4 is 9.47 Å². The van der Waals surface area contributed by atoms with Crippen LogP contribution in [-0.4, -0.2) is 19.8 Å². The number of aliphatic imine (C=N–C) groups is 1. The molecular formula is C11H12BrNO3. The molecule has 0 amide bonds. The van der Waals surface area contributed by atoms with Crippen LogP contribution >= 0.6 is 15.9 Å². The van der Waals surface area contributed by atoms with Gasteiger partial charge >= 0.3 is 0 Å². The molecule has 0 aliphatic rings. The third kappa shape index (κ3) is 3.08. The van der Waals surface area contributed by atoms with E-state index in [0.29, 0.717) is 18.1 Å². The fourth-order valence-electron chi connectivity index (χ4n) is 1.26. The second kappa shape index (κ2) is 6.30. The summed E-state index contributed by atoms with van der Waals surface area (Å²) in [5, 5.41) is 0. The van der Waals surface area contributed by atoms with Crippen molar-refractivity contribution >= 4 is 22.0 Å². The maximum Gasteiger partial charge on any atom is 0.235 e. The molecule has 0 aliphatic heterocycles. The zero-order chi connectivity index (χ0) is 12.0. The lowest BCUT2D eigenvalue weighted by Crippen LogP contribution is -1.98. The molecular weight excluding hydrogens is 274 g/mol. The first-order valence-electron chi connectivity index (χ1n) is 4.75. The highest BCUT2D eigenvalue weighted by molar-refractivity contribution is 9.10. The van der Waals surface area contributed by atoms with Gasteiger partial charge in [0.1, 0.15) is 11.5 Å². The maximum atomic E-state index is 10.1. The van der Waals surface area contributed by atoms with Crippen LogP contribution in [-0.2, 0) is 11.3 Å². The molecule has 5 heteroatoms. The van der Waals surface area contributed by atoms with E-state index in [-0.39, 0.29) is 6.54 Å². The van der Waals surface area contributed by atoms with Crippen molar-refractivity contribution < 1.29 is 14.3 Å². The highest BCUT2D eigenvalue weighted by atomic mass is 79.9. The molecule has 0 heterocycles. The number of hydrogen-bond acceptors (Lipinski definition) is 4. The van der Waals surface area contributed by atoms with E-state index in [1.807, 2.05) is 13.0 Å². The van der Waals surface area contributed by atoms with Crippen molar-refractivity contribution in [2.45, 2.75) is 13.5 Å². The van der Waals surface area contributed by atoms with E-state index >= 15 is 0 Å². The van der Waals surface area contributed by atoms with E-state index in [1.54, 1.807) is 13.2 Å². The molecule has 0 radical (unpaired) electrons. The van der Waals surface area contributed by atoms with Gasteiger partial charge in [-0.25, -0.2) is 9.79 Å². The van der Waals surface area contributed by atoms with Crippen LogP contribution in [0.1, 0.15) is 12.5 Å². The van der Waals surface area contributed by atoms with Crippen LogP contribution in [0.15, 0.2) is 21.6 Å². The van der Waals surface area contributed by atoms with Crippen molar-refractivity contribution in [2.75, 3.05) is 13.7 Å². The van der Waals surface area contributed by atoms with Crippen LogP contribution in [0.4, 0.5) is 0 Å². The summed E-state index contributed by atoms with van der Waals surface area (Å²) >= 11 is 3.36. The van der Waals surface area contributed by atoms with Gasteiger partial charge in [0, 0.05) is 11.6 Å². The topological polar surface area (TPSA) is 47.9 Å². The molecule has 0 fully saturated rings. The number of halogens is 1. The molecule has 1 rings (SSSR count). The smallest absolute Gasteiger partial charge is 0.235 e. The first kappa shape index (κ1) is 12.7. The molecule has 1 aromatic rings. The summed E-state index contributed by atoms with van der Waals surface area (Å²) in [4.78, 5) is 13.6. The van der Waals surface area contributed by atoms with Crippen molar-refractivity contribution in [3.8, 4) is 11.5 Å². The van der Waals surface area contributed by atoms with E-state index < -0.39 is 0 Å². The molecule has 0 aromatic heterocycles. The minimum atomic E-state index is 0.251. The summed E-state index contributed by atoms with van der Waals surface area (Å²) in [6.07, 6.45) is 1.51. The second-order valence-electron chi connectivity index (χ2n) is 2.94. The minimum absolute atomic E-state index is 0.251. The maximum absolute atomic E-state index is 10.1. The van der Waals surface area contributed by atoms with E-state index in [1.165, 1.54) is 6.08 Å². The van der Waals surface area contributed by atoms with Crippen LogP contribution in [0, 0.1) is 0 Å². The quantitative estimate of drug-likeness (QED) is 0.617. The fraction of sp³-hybridized carbons (Fsp3) is 0.364. The van der Waals surface area contributed by atoms with Gasteiger partial charge in [-0.05, 0) is 28.9 Å². The van der Waals surface area contributed by atoms with E-state index in [9.17, 15) is 4.79 Å². The number of nitrogens with zero attached hydrogens (tertiary/aromatic N) is 1. The third-order valence-corrected chi connectivity index (χ3v) is 2.57. The number of ether oxygens (including phenoxy) is 2. The lowest BCUT2D eigenvalue weighted by atomic mass is 10.2. The third-order valence-electron chi connectivity index (χ3n) is 1.95. The summed E-state index contributed by atoms with van der Waals surface area (Å²) in [6, 6.07) is 3.59. The molecule has 0 saturated heterocycles. The van der Waals surface area contributed by atoms with Gasteiger partial charge in [-0.3, -0.25) is 0 Å². The lowest BCUT2D eigenvalue weighted by Gasteiger charge is -2.11. The normalized spacial score (nSPS) is 9.44. The SMILES string of the molecule is CCOc1cc(OC)c(Br)cc1CN=C=O. The Morgan fingerprint density at radius 2 is 2.19 bits per heavy atom. The second-order valence-corrected chi connectivity index (χ2v) is 3.79. The molecule has 16 heavy (non-hydrogen) atoms. The van der Waals surface area contributed by atoms with Crippen molar-refractivity contribution in [2.24, 2.45) is 4.99 Å². The van der Waals surface area contributed by atoms with Gasteiger partial charge in [0.15, 0.2) is 0 Å². The van der Waals surface area contributed by atoms with Gasteiger partial charge in [0.05, 0.1) is 24.7 Å². The number of benzene rings is 1. The molecule has 86 valence electrons. The molecule has 0 bridgehead atoms. The molecule has 0 unspecified atom stereocenters. The van der Waals surface area contributed by atoms with Gasteiger partial charge in [-0.1, -0.05) is 0 Å². The number of isocyanates is 1. The predicted octanol–water partition coefficient (Wildman–Crippen LogP) is 2.69. The number of carbonyl (C=O) groups excluding carboxylic acids is 1. The number of hydrogen-bond donors (Lipinski definition) is 0. The largest absolute Gasteiger partial charge is 0.495 e. The van der Waals surface area contributed by atoms with E-state index in [2.05, 4.69) is 20.9 Å². The average Bonchev–Trinajstić information content (AvgIpc) is 2.29. The number of rotatable bonds is 5. The molecule has 0 aliphatic carbocycles. The monoisotopic (exact) mass is 285 g/mol. The summed E-state index contributed by atoms with van der Waals surface area (Å²) in [6.45, 7) is 2.69. The number of methoxy groups -OCH3 is 1. The van der Waals surface area contributed by atoms with Crippen molar-refractivity contribution in [1.82, 2.24) is 0 Å². The predicted molar refractivity (Wildman–Crippen MR) is 63.7 cm³/mol. The Hall–Kier alpha value is -1.32. The summed E-state index contributed by atoms with van der Waals surface area (Å²) < 4.78 is 11.4. The van der Waals surface area contributed by atoms with E-state index in [0.717, 1.165) is 10.0 Å². The van der Waals surface area contributed by atoms with E-state index in [4.69, 9.17) is 9.47 Å². The van der Waals surface area contributed by atoms with Crippen LogP contribution in [0.3, 0.4) is 0 Å². The van der Waals surface area contributed by atoms with Gasteiger partial charge in [-0.2, -0.15) is 0 Å². The van der Waals surface area contributed by atoms with Crippen LogP contribution in [0.2, 0.25) is 0 Å². The standard InChI is InChI=1S/C11H12BrNO3/c1-3-16-10-5-11(15-2)9(12)4-8(10)6-13-7-14/h4-5H,3,6H2,1-2H3. The lowest BCUT2D eigenvalue weighted by molar-refractivity contribution is 0.332. The van der Waals surface area contributed by atoms with Crippen LogP contribution in [0.25, 0.3) is 0 Å². The first-order chi connectivity index (χ1) is 7.72. The summed E-state index contributed by atoms with van der Waals surface area (Å²) in [5.41, 5.74) is 0.817. The molecule has 0 saturated carbocycles. The van der Waals surface area contributed by atoms with Gasteiger partial charge < -0.3 is 9.47 Å².